The Labute approximate surface area is 337 Å². The Morgan fingerprint density at radius 1 is 0.661 bits per heavy atom. The van der Waals surface area contributed by atoms with Gasteiger partial charge in [-0.2, -0.15) is 13.2 Å². The normalized spacial score (nSPS) is 11.2. The lowest BCUT2D eigenvalue weighted by Crippen LogP contribution is -2.30. The van der Waals surface area contributed by atoms with Crippen LogP contribution in [0.2, 0.25) is 0 Å². The molecular weight excluding hydrogens is 773 g/mol. The number of nitrogens with zero attached hydrogens (tertiary/aromatic N) is 4. The third-order valence-corrected chi connectivity index (χ3v) is 7.87. The maximum absolute atomic E-state index is 14.1. The quantitative estimate of drug-likeness (QED) is 0.0296. The van der Waals surface area contributed by atoms with Crippen molar-refractivity contribution in [1.29, 1.82) is 0 Å². The largest absolute Gasteiger partial charge is 0.492 e. The van der Waals surface area contributed by atoms with Crippen molar-refractivity contribution < 1.29 is 51.3 Å². The third kappa shape index (κ3) is 15.4. The van der Waals surface area contributed by atoms with Crippen molar-refractivity contribution in [1.82, 2.24) is 9.97 Å². The number of aryl methyl sites for hydroxylation is 1. The van der Waals surface area contributed by atoms with Crippen LogP contribution in [0.4, 0.5) is 35.9 Å². The predicted molar refractivity (Wildman–Crippen MR) is 215 cm³/mol. The molecule has 2 heterocycles. The van der Waals surface area contributed by atoms with Crippen LogP contribution in [0.15, 0.2) is 108 Å². The summed E-state index contributed by atoms with van der Waals surface area (Å²) < 4.78 is 63.2. The van der Waals surface area contributed by atoms with Gasteiger partial charge in [-0.15, -0.1) is 0 Å². The zero-order valence-electron chi connectivity index (χ0n) is 32.0. The molecule has 17 heteroatoms. The Kier molecular flexibility index (Phi) is 17.0. The van der Waals surface area contributed by atoms with E-state index in [9.17, 15) is 32.3 Å². The van der Waals surface area contributed by atoms with E-state index in [-0.39, 0.29) is 24.6 Å². The van der Waals surface area contributed by atoms with Crippen LogP contribution < -0.4 is 20.1 Å². The van der Waals surface area contributed by atoms with Gasteiger partial charge in [0.25, 0.3) is 0 Å². The minimum absolute atomic E-state index is 0.0757. The molecule has 2 aromatic carbocycles. The van der Waals surface area contributed by atoms with Gasteiger partial charge in [0.05, 0.1) is 85.3 Å². The molecule has 0 aliphatic carbocycles. The van der Waals surface area contributed by atoms with Crippen molar-refractivity contribution in [3.8, 4) is 11.5 Å². The number of alkyl halides is 3. The average Bonchev–Trinajstić information content (AvgIpc) is 3.23. The van der Waals surface area contributed by atoms with Gasteiger partial charge in [0, 0.05) is 17.8 Å². The molecule has 0 fully saturated rings. The van der Waals surface area contributed by atoms with Crippen LogP contribution in [0, 0.1) is 6.92 Å². The number of amides is 2. The highest BCUT2D eigenvalue weighted by molar-refractivity contribution is 6.43. The number of nitrogens with one attached hydrogen (secondary N) is 2. The van der Waals surface area contributed by atoms with E-state index in [1.54, 1.807) is 49.5 Å². The van der Waals surface area contributed by atoms with Crippen LogP contribution in [0.1, 0.15) is 48.2 Å². The number of anilines is 2. The van der Waals surface area contributed by atoms with E-state index >= 15 is 0 Å². The van der Waals surface area contributed by atoms with Gasteiger partial charge in [0.2, 0.25) is 0 Å². The van der Waals surface area contributed by atoms with Crippen LogP contribution in [0.5, 0.6) is 11.5 Å². The van der Waals surface area contributed by atoms with E-state index in [0.717, 1.165) is 24.3 Å². The number of halogens is 3. The number of carbonyl (C=O) groups excluding carboxylic acids is 4. The summed E-state index contributed by atoms with van der Waals surface area (Å²) in [4.78, 5) is 64.5. The van der Waals surface area contributed by atoms with Gasteiger partial charge >= 0.3 is 29.9 Å². The number of carbonyl (C=O) groups is 4. The molecule has 0 bridgehead atoms. The van der Waals surface area contributed by atoms with Crippen molar-refractivity contribution >= 4 is 58.9 Å². The van der Waals surface area contributed by atoms with Crippen LogP contribution in [-0.2, 0) is 34.8 Å². The van der Waals surface area contributed by atoms with E-state index in [1.165, 1.54) is 30.8 Å². The fourth-order valence-electron chi connectivity index (χ4n) is 4.82. The molecule has 0 spiro atoms. The van der Waals surface area contributed by atoms with Crippen LogP contribution in [0.25, 0.3) is 0 Å². The fraction of sp³-hybridized carbons (Fsp3) is 0.238. The minimum Gasteiger partial charge on any atom is -0.492 e. The summed E-state index contributed by atoms with van der Waals surface area (Å²) in [5, 5.41) is 4.46. The van der Waals surface area contributed by atoms with Gasteiger partial charge in [-0.25, -0.2) is 9.59 Å². The first kappa shape index (κ1) is 44.5. The first-order chi connectivity index (χ1) is 28.3. The number of benzene rings is 2. The number of ether oxygens (including phenoxy) is 4. The van der Waals surface area contributed by atoms with Crippen molar-refractivity contribution in [3.63, 3.8) is 0 Å². The summed E-state index contributed by atoms with van der Waals surface area (Å²) >= 11 is 0. The number of aromatic nitrogens is 2. The Morgan fingerprint density at radius 2 is 1.12 bits per heavy atom. The van der Waals surface area contributed by atoms with Crippen LogP contribution >= 0.6 is 0 Å². The highest BCUT2D eigenvalue weighted by Gasteiger charge is 2.35. The van der Waals surface area contributed by atoms with Gasteiger partial charge in [-0.1, -0.05) is 13.2 Å². The topological polar surface area (TPSA) is 180 Å². The molecule has 4 aromatic rings. The monoisotopic (exact) mass is 814 g/mol. The lowest BCUT2D eigenvalue weighted by molar-refractivity contribution is -0.138. The molecule has 0 atom stereocenters. The molecule has 308 valence electrons. The fourth-order valence-corrected chi connectivity index (χ4v) is 4.82. The maximum Gasteiger partial charge on any atom is 0.418 e. The Hall–Kier alpha value is -7.17. The summed E-state index contributed by atoms with van der Waals surface area (Å²) in [5.41, 5.74) is 0.269. The first-order valence-electron chi connectivity index (χ1n) is 18.1. The van der Waals surface area contributed by atoms with E-state index in [0.29, 0.717) is 73.0 Å². The molecular formula is C42H41F3N6O8. The highest BCUT2D eigenvalue weighted by atomic mass is 19.4. The van der Waals surface area contributed by atoms with Gasteiger partial charge in [0.1, 0.15) is 11.5 Å². The number of pyridine rings is 2. The molecule has 2 N–H and O–H groups in total. The molecule has 2 amide bonds. The molecule has 0 aliphatic heterocycles. The van der Waals surface area contributed by atoms with Gasteiger partial charge in [-0.05, 0) is 98.8 Å². The minimum atomic E-state index is -4.89. The molecule has 0 saturated carbocycles. The molecule has 4 rings (SSSR count). The van der Waals surface area contributed by atoms with Crippen molar-refractivity contribution in [2.75, 3.05) is 37.1 Å². The number of esters is 2. The lowest BCUT2D eigenvalue weighted by Gasteiger charge is -2.15. The highest BCUT2D eigenvalue weighted by Crippen LogP contribution is 2.37. The molecule has 0 unspecified atom stereocenters. The summed E-state index contributed by atoms with van der Waals surface area (Å²) in [5.74, 6) is -2.44. The van der Waals surface area contributed by atoms with Crippen LogP contribution in [-0.4, -0.2) is 72.6 Å². The second-order valence-electron chi connectivity index (χ2n) is 12.3. The number of unbranched alkanes of at least 4 members (excludes halogenated alkanes) is 2. The predicted octanol–water partition coefficient (Wildman–Crippen LogP) is 7.66. The van der Waals surface area contributed by atoms with Gasteiger partial charge in [-0.3, -0.25) is 29.5 Å². The Morgan fingerprint density at radius 3 is 1.56 bits per heavy atom. The molecule has 2 aromatic heterocycles. The summed E-state index contributed by atoms with van der Waals surface area (Å²) in [6.45, 7) is 9.61. The molecule has 0 aliphatic rings. The Balaban J connectivity index is 1.27. The number of rotatable bonds is 20. The Bertz CT molecular complexity index is 2160. The third-order valence-electron chi connectivity index (χ3n) is 7.87. The molecule has 0 saturated heterocycles. The SMILES string of the molecule is C=CC(=O)OCCCCOc1ccc(C=Nc2ccc(NC(=O)C(=O)Nc3ccc(N=Cc4ccc(OCCCCOC(=O)C=C)cn4)cc3C(F)(F)F)c(C)c2)nc1. The van der Waals surface area contributed by atoms with Crippen molar-refractivity contribution in [2.24, 2.45) is 9.98 Å². The van der Waals surface area contributed by atoms with Gasteiger partial charge in [0.15, 0.2) is 0 Å². The van der Waals surface area contributed by atoms with Gasteiger partial charge < -0.3 is 29.6 Å². The molecule has 59 heavy (non-hydrogen) atoms. The maximum atomic E-state index is 14.1. The van der Waals surface area contributed by atoms with E-state index in [1.807, 2.05) is 5.32 Å². The number of aliphatic imine (C=N–C) groups is 2. The molecule has 14 nitrogen and oxygen atoms in total. The number of hydrogen-bond acceptors (Lipinski definition) is 12. The standard InChI is InChI=1S/C42H41F3N6O8/c1-4-38(52)58-20-8-6-18-56-33-14-10-31(48-26-33)24-46-29-12-16-36(28(3)22-29)50-40(54)41(55)51-37-17-13-30(23-35(37)42(43,44)45)47-25-32-11-15-34(27-49-32)57-19-7-9-21-59-39(53)5-2/h4-5,10-17,22-27H,1-2,6-9,18-21H2,3H3,(H,50,54)(H,51,55). The lowest BCUT2D eigenvalue weighted by atomic mass is 10.1. The zero-order chi connectivity index (χ0) is 42.6. The smallest absolute Gasteiger partial charge is 0.418 e. The van der Waals surface area contributed by atoms with E-state index in [4.69, 9.17) is 18.9 Å². The average molecular weight is 815 g/mol. The second kappa shape index (κ2) is 22.5. The number of hydrogen-bond donors (Lipinski definition) is 2. The van der Waals surface area contributed by atoms with E-state index < -0.39 is 41.2 Å². The summed E-state index contributed by atoms with van der Waals surface area (Å²) in [7, 11) is 0. The zero-order valence-corrected chi connectivity index (χ0v) is 32.0. The first-order valence-corrected chi connectivity index (χ1v) is 18.1. The van der Waals surface area contributed by atoms with Crippen molar-refractivity contribution in [3.05, 3.63) is 121 Å². The van der Waals surface area contributed by atoms with E-state index in [2.05, 4.69) is 38.4 Å². The summed E-state index contributed by atoms with van der Waals surface area (Å²) in [6.07, 6.45) is 5.61. The summed E-state index contributed by atoms with van der Waals surface area (Å²) in [6, 6.07) is 14.4. The van der Waals surface area contributed by atoms with Crippen LogP contribution in [0.3, 0.4) is 0 Å². The molecule has 0 radical (unpaired) electrons. The second-order valence-corrected chi connectivity index (χ2v) is 12.3. The van der Waals surface area contributed by atoms with Crippen molar-refractivity contribution in [2.45, 2.75) is 38.8 Å².